The number of anilines is 1. The zero-order chi connectivity index (χ0) is 15.4. The van der Waals surface area contributed by atoms with Gasteiger partial charge in [-0.2, -0.15) is 5.10 Å². The van der Waals surface area contributed by atoms with Gasteiger partial charge in [0.1, 0.15) is 10.7 Å². The van der Waals surface area contributed by atoms with E-state index in [0.29, 0.717) is 22.9 Å². The van der Waals surface area contributed by atoms with Gasteiger partial charge in [-0.15, -0.1) is 11.3 Å². The van der Waals surface area contributed by atoms with Crippen LogP contribution in [0.2, 0.25) is 0 Å². The fourth-order valence-corrected chi connectivity index (χ4v) is 2.62. The van der Waals surface area contributed by atoms with Gasteiger partial charge in [-0.1, -0.05) is 0 Å². The maximum Gasteiger partial charge on any atom is 0.341 e. The number of nitrogens with zero attached hydrogens (tertiary/aromatic N) is 2. The Balaban J connectivity index is 2.19. The lowest BCUT2D eigenvalue weighted by Gasteiger charge is -2.11. The third-order valence-electron chi connectivity index (χ3n) is 2.78. The van der Waals surface area contributed by atoms with E-state index in [-0.39, 0.29) is 11.9 Å². The lowest BCUT2D eigenvalue weighted by atomic mass is 10.3. The van der Waals surface area contributed by atoms with E-state index in [1.807, 2.05) is 13.8 Å². The first-order valence-electron chi connectivity index (χ1n) is 6.64. The Morgan fingerprint density at radius 3 is 2.86 bits per heavy atom. The van der Waals surface area contributed by atoms with Crippen molar-refractivity contribution in [2.45, 2.75) is 26.8 Å². The molecule has 2 aromatic heterocycles. The molecule has 0 unspecified atom stereocenters. The lowest BCUT2D eigenvalue weighted by molar-refractivity contribution is 0.0528. The van der Waals surface area contributed by atoms with Crippen LogP contribution in [0.3, 0.4) is 0 Å². The van der Waals surface area contributed by atoms with Crippen LogP contribution < -0.4 is 5.32 Å². The molecule has 0 aliphatic rings. The largest absolute Gasteiger partial charge is 0.462 e. The van der Waals surface area contributed by atoms with Crippen LogP contribution in [0.5, 0.6) is 0 Å². The maximum atomic E-state index is 12.3. The highest BCUT2D eigenvalue weighted by Crippen LogP contribution is 2.25. The van der Waals surface area contributed by atoms with Crippen LogP contribution >= 0.6 is 11.3 Å². The van der Waals surface area contributed by atoms with Crippen molar-refractivity contribution in [3.8, 4) is 0 Å². The molecule has 0 atom stereocenters. The van der Waals surface area contributed by atoms with E-state index in [2.05, 4.69) is 10.4 Å². The predicted molar refractivity (Wildman–Crippen MR) is 80.8 cm³/mol. The van der Waals surface area contributed by atoms with E-state index < -0.39 is 5.97 Å². The molecule has 0 saturated heterocycles. The Morgan fingerprint density at radius 2 is 2.19 bits per heavy atom. The summed E-state index contributed by atoms with van der Waals surface area (Å²) in [5.41, 5.74) is 0.819. The average Bonchev–Trinajstić information content (AvgIpc) is 3.07. The molecule has 21 heavy (non-hydrogen) atoms. The summed E-state index contributed by atoms with van der Waals surface area (Å²) < 4.78 is 6.59. The van der Waals surface area contributed by atoms with Crippen LogP contribution in [0.4, 0.5) is 5.00 Å². The predicted octanol–water partition coefficient (Wildman–Crippen LogP) is 2.95. The van der Waals surface area contributed by atoms with Gasteiger partial charge in [0.2, 0.25) is 0 Å². The van der Waals surface area contributed by atoms with E-state index in [1.54, 1.807) is 35.3 Å². The first kappa shape index (κ1) is 15.2. The van der Waals surface area contributed by atoms with E-state index >= 15 is 0 Å². The van der Waals surface area contributed by atoms with Crippen molar-refractivity contribution in [1.29, 1.82) is 0 Å². The Labute approximate surface area is 126 Å². The maximum absolute atomic E-state index is 12.3. The number of amides is 1. The van der Waals surface area contributed by atoms with Gasteiger partial charge in [0.25, 0.3) is 5.91 Å². The summed E-state index contributed by atoms with van der Waals surface area (Å²) in [4.78, 5) is 24.1. The van der Waals surface area contributed by atoms with Crippen LogP contribution in [-0.4, -0.2) is 28.3 Å². The van der Waals surface area contributed by atoms with Gasteiger partial charge in [-0.3, -0.25) is 9.48 Å². The van der Waals surface area contributed by atoms with Gasteiger partial charge in [-0.25, -0.2) is 4.79 Å². The number of ether oxygens (including phenoxy) is 1. The molecule has 0 saturated carbocycles. The van der Waals surface area contributed by atoms with Crippen molar-refractivity contribution in [2.75, 3.05) is 11.9 Å². The van der Waals surface area contributed by atoms with Crippen molar-refractivity contribution in [2.24, 2.45) is 0 Å². The van der Waals surface area contributed by atoms with Crippen LogP contribution in [0, 0.1) is 0 Å². The van der Waals surface area contributed by atoms with Gasteiger partial charge in [0.05, 0.1) is 12.2 Å². The zero-order valence-corrected chi connectivity index (χ0v) is 12.9. The molecule has 1 amide bonds. The minimum atomic E-state index is -0.439. The van der Waals surface area contributed by atoms with Crippen LogP contribution in [0.1, 0.15) is 47.7 Å². The van der Waals surface area contributed by atoms with Crippen molar-refractivity contribution < 1.29 is 14.3 Å². The van der Waals surface area contributed by atoms with Gasteiger partial charge in [-0.05, 0) is 38.3 Å². The number of carbonyl (C=O) groups excluding carboxylic acids is 2. The van der Waals surface area contributed by atoms with Gasteiger partial charge in [0, 0.05) is 12.2 Å². The standard InChI is InChI=1S/C14H17N3O3S/c1-4-20-14(19)10-6-8-21-13(10)16-12(18)11-5-7-15-17(11)9(2)3/h5-9H,4H2,1-3H3,(H,16,18). The van der Waals surface area contributed by atoms with Crippen LogP contribution in [-0.2, 0) is 4.74 Å². The number of hydrogen-bond donors (Lipinski definition) is 1. The summed E-state index contributed by atoms with van der Waals surface area (Å²) in [6.45, 7) is 5.92. The quantitative estimate of drug-likeness (QED) is 0.862. The Hall–Kier alpha value is -2.15. The highest BCUT2D eigenvalue weighted by atomic mass is 32.1. The second-order valence-electron chi connectivity index (χ2n) is 4.59. The van der Waals surface area contributed by atoms with Crippen molar-refractivity contribution in [1.82, 2.24) is 9.78 Å². The summed E-state index contributed by atoms with van der Waals surface area (Å²) in [6.07, 6.45) is 1.58. The summed E-state index contributed by atoms with van der Waals surface area (Å²) in [6, 6.07) is 3.36. The molecule has 112 valence electrons. The summed E-state index contributed by atoms with van der Waals surface area (Å²) in [5, 5.41) is 9.09. The van der Waals surface area contributed by atoms with Crippen LogP contribution in [0.15, 0.2) is 23.7 Å². The van der Waals surface area contributed by atoms with Crippen molar-refractivity contribution in [3.05, 3.63) is 35.0 Å². The average molecular weight is 307 g/mol. The Morgan fingerprint density at radius 1 is 1.43 bits per heavy atom. The van der Waals surface area contributed by atoms with E-state index in [9.17, 15) is 9.59 Å². The Kier molecular flexibility index (Phi) is 4.74. The normalized spacial score (nSPS) is 10.7. The lowest BCUT2D eigenvalue weighted by Crippen LogP contribution is -2.19. The van der Waals surface area contributed by atoms with Gasteiger partial charge >= 0.3 is 5.97 Å². The molecule has 0 fully saturated rings. The van der Waals surface area contributed by atoms with Crippen molar-refractivity contribution >= 4 is 28.2 Å². The SMILES string of the molecule is CCOC(=O)c1ccsc1NC(=O)c1ccnn1C(C)C. The number of esters is 1. The molecule has 6 nitrogen and oxygen atoms in total. The smallest absolute Gasteiger partial charge is 0.341 e. The number of rotatable bonds is 5. The number of nitrogens with one attached hydrogen (secondary N) is 1. The minimum absolute atomic E-state index is 0.0774. The van der Waals surface area contributed by atoms with Gasteiger partial charge in [0.15, 0.2) is 0 Å². The van der Waals surface area contributed by atoms with E-state index in [4.69, 9.17) is 4.74 Å². The summed E-state index contributed by atoms with van der Waals surface area (Å²) in [5.74, 6) is -0.736. The molecule has 2 heterocycles. The summed E-state index contributed by atoms with van der Waals surface area (Å²) in [7, 11) is 0. The topological polar surface area (TPSA) is 73.2 Å². The molecule has 0 radical (unpaired) electrons. The monoisotopic (exact) mass is 307 g/mol. The van der Waals surface area contributed by atoms with Crippen LogP contribution in [0.25, 0.3) is 0 Å². The molecule has 0 aliphatic carbocycles. The number of thiophene rings is 1. The fourth-order valence-electron chi connectivity index (χ4n) is 1.85. The van der Waals surface area contributed by atoms with E-state index in [0.717, 1.165) is 0 Å². The minimum Gasteiger partial charge on any atom is -0.462 e. The highest BCUT2D eigenvalue weighted by molar-refractivity contribution is 7.14. The molecule has 0 aliphatic heterocycles. The third kappa shape index (κ3) is 3.30. The highest BCUT2D eigenvalue weighted by Gasteiger charge is 2.19. The molecule has 0 spiro atoms. The summed E-state index contributed by atoms with van der Waals surface area (Å²) >= 11 is 1.28. The van der Waals surface area contributed by atoms with E-state index in [1.165, 1.54) is 11.3 Å². The third-order valence-corrected chi connectivity index (χ3v) is 3.61. The van der Waals surface area contributed by atoms with Gasteiger partial charge < -0.3 is 10.1 Å². The molecule has 7 heteroatoms. The first-order valence-corrected chi connectivity index (χ1v) is 7.52. The molecular formula is C14H17N3O3S. The molecular weight excluding hydrogens is 290 g/mol. The molecule has 2 aromatic rings. The Bertz CT molecular complexity index is 645. The number of carbonyl (C=O) groups is 2. The fraction of sp³-hybridized carbons (Fsp3) is 0.357. The first-order chi connectivity index (χ1) is 10.0. The molecule has 2 rings (SSSR count). The number of hydrogen-bond acceptors (Lipinski definition) is 5. The molecule has 0 bridgehead atoms. The number of aromatic nitrogens is 2. The zero-order valence-electron chi connectivity index (χ0n) is 12.1. The molecule has 1 N–H and O–H groups in total. The molecule has 0 aromatic carbocycles. The second kappa shape index (κ2) is 6.53. The van der Waals surface area contributed by atoms with Crippen molar-refractivity contribution in [3.63, 3.8) is 0 Å². The second-order valence-corrected chi connectivity index (χ2v) is 5.51.